The highest BCUT2D eigenvalue weighted by molar-refractivity contribution is 5.40. The van der Waals surface area contributed by atoms with Crippen LogP contribution in [0, 0.1) is 0 Å². The Morgan fingerprint density at radius 3 is 2.92 bits per heavy atom. The topological polar surface area (TPSA) is 50.3 Å². The Balaban J connectivity index is 1.30. The Morgan fingerprint density at radius 1 is 1.25 bits per heavy atom. The average molecular weight is 324 g/mol. The maximum absolute atomic E-state index is 5.79. The molecule has 1 N–H and O–H groups in total. The lowest BCUT2D eigenvalue weighted by atomic mass is 10.0. The molecule has 3 heterocycles. The van der Waals surface area contributed by atoms with Gasteiger partial charge in [0.2, 0.25) is 0 Å². The molecule has 1 aromatic heterocycles. The number of hydrogen-bond donors (Lipinski definition) is 1. The van der Waals surface area contributed by atoms with Gasteiger partial charge in [-0.3, -0.25) is 4.90 Å². The van der Waals surface area contributed by atoms with E-state index in [2.05, 4.69) is 45.5 Å². The van der Waals surface area contributed by atoms with Crippen LogP contribution in [0.1, 0.15) is 30.9 Å². The van der Waals surface area contributed by atoms with E-state index >= 15 is 0 Å². The van der Waals surface area contributed by atoms with E-state index in [1.165, 1.54) is 11.1 Å². The van der Waals surface area contributed by atoms with Crippen LogP contribution in [0.2, 0.25) is 0 Å². The standard InChI is InChI=1S/C19H24N4O/c1-14-11-16-12-15(4-5-18(16)24-14)13-23-9-6-17(7-10-23)21-19-3-2-8-20-22-19/h2-5,8,12,14,17H,6-7,9-11,13H2,1H3,(H,21,22). The zero-order valence-corrected chi connectivity index (χ0v) is 14.1. The monoisotopic (exact) mass is 324 g/mol. The van der Waals surface area contributed by atoms with E-state index in [1.54, 1.807) is 6.20 Å². The van der Waals surface area contributed by atoms with Crippen molar-refractivity contribution >= 4 is 5.82 Å². The van der Waals surface area contributed by atoms with E-state index < -0.39 is 0 Å². The number of anilines is 1. The van der Waals surface area contributed by atoms with Gasteiger partial charge in [0.25, 0.3) is 0 Å². The molecule has 2 aromatic rings. The first kappa shape index (κ1) is 15.4. The van der Waals surface area contributed by atoms with Gasteiger partial charge in [-0.1, -0.05) is 12.1 Å². The molecule has 0 radical (unpaired) electrons. The molecule has 1 fully saturated rings. The van der Waals surface area contributed by atoms with E-state index in [9.17, 15) is 0 Å². The first-order chi connectivity index (χ1) is 11.8. The third-order valence-corrected chi connectivity index (χ3v) is 4.88. The molecule has 0 saturated carbocycles. The first-order valence-corrected chi connectivity index (χ1v) is 8.81. The highest BCUT2D eigenvalue weighted by Crippen LogP contribution is 2.30. The Labute approximate surface area is 143 Å². The van der Waals surface area contributed by atoms with E-state index in [1.807, 2.05) is 12.1 Å². The van der Waals surface area contributed by atoms with Crippen LogP contribution in [0.3, 0.4) is 0 Å². The van der Waals surface area contributed by atoms with Crippen LogP contribution in [0.4, 0.5) is 5.82 Å². The minimum Gasteiger partial charge on any atom is -0.490 e. The summed E-state index contributed by atoms with van der Waals surface area (Å²) in [5.74, 6) is 1.95. The second-order valence-corrected chi connectivity index (χ2v) is 6.88. The number of hydrogen-bond acceptors (Lipinski definition) is 5. The fourth-order valence-corrected chi connectivity index (χ4v) is 3.66. The summed E-state index contributed by atoms with van der Waals surface area (Å²) >= 11 is 0. The molecule has 0 spiro atoms. The lowest BCUT2D eigenvalue weighted by molar-refractivity contribution is 0.211. The summed E-state index contributed by atoms with van der Waals surface area (Å²) < 4.78 is 5.79. The number of fused-ring (bicyclic) bond motifs is 1. The van der Waals surface area contributed by atoms with Crippen molar-refractivity contribution in [2.75, 3.05) is 18.4 Å². The number of rotatable bonds is 4. The fourth-order valence-electron chi connectivity index (χ4n) is 3.66. The van der Waals surface area contributed by atoms with Crippen molar-refractivity contribution in [3.8, 4) is 5.75 Å². The van der Waals surface area contributed by atoms with Crippen molar-refractivity contribution in [1.29, 1.82) is 0 Å². The van der Waals surface area contributed by atoms with Gasteiger partial charge in [-0.15, -0.1) is 5.10 Å². The number of benzene rings is 1. The molecular formula is C19H24N4O. The smallest absolute Gasteiger partial charge is 0.148 e. The van der Waals surface area contributed by atoms with Gasteiger partial charge < -0.3 is 10.1 Å². The van der Waals surface area contributed by atoms with Gasteiger partial charge in [0.05, 0.1) is 0 Å². The quantitative estimate of drug-likeness (QED) is 0.937. The zero-order chi connectivity index (χ0) is 16.4. The molecule has 1 unspecified atom stereocenters. The highest BCUT2D eigenvalue weighted by atomic mass is 16.5. The SMILES string of the molecule is CC1Cc2cc(CN3CCC(Nc4cccnn4)CC3)ccc2O1. The van der Waals surface area contributed by atoms with Gasteiger partial charge in [-0.2, -0.15) is 5.10 Å². The highest BCUT2D eigenvalue weighted by Gasteiger charge is 2.22. The summed E-state index contributed by atoms with van der Waals surface area (Å²) in [6.45, 7) is 5.39. The molecule has 4 rings (SSSR count). The molecule has 1 saturated heterocycles. The lowest BCUT2D eigenvalue weighted by Gasteiger charge is -2.32. The molecule has 2 aliphatic rings. The first-order valence-electron chi connectivity index (χ1n) is 8.81. The number of ether oxygens (including phenoxy) is 1. The molecule has 0 aliphatic carbocycles. The van der Waals surface area contributed by atoms with Crippen LogP contribution >= 0.6 is 0 Å². The molecule has 5 heteroatoms. The number of aromatic nitrogens is 2. The fraction of sp³-hybridized carbons (Fsp3) is 0.474. The van der Waals surface area contributed by atoms with Gasteiger partial charge in [0.1, 0.15) is 17.7 Å². The predicted octanol–water partition coefficient (Wildman–Crippen LogP) is 2.88. The number of piperidine rings is 1. The largest absolute Gasteiger partial charge is 0.490 e. The molecule has 126 valence electrons. The van der Waals surface area contributed by atoms with Gasteiger partial charge in [-0.05, 0) is 49.1 Å². The van der Waals surface area contributed by atoms with Crippen molar-refractivity contribution in [2.45, 2.75) is 44.9 Å². The van der Waals surface area contributed by atoms with Crippen LogP contribution in [0.5, 0.6) is 5.75 Å². The number of likely N-dealkylation sites (tertiary alicyclic amines) is 1. The third-order valence-electron chi connectivity index (χ3n) is 4.88. The number of nitrogens with one attached hydrogen (secondary N) is 1. The average Bonchev–Trinajstić information content (AvgIpc) is 2.97. The Morgan fingerprint density at radius 2 is 2.12 bits per heavy atom. The zero-order valence-electron chi connectivity index (χ0n) is 14.1. The summed E-state index contributed by atoms with van der Waals surface area (Å²) in [7, 11) is 0. The third kappa shape index (κ3) is 3.51. The summed E-state index contributed by atoms with van der Waals surface area (Å²) in [5, 5.41) is 11.5. The van der Waals surface area contributed by atoms with Crippen molar-refractivity contribution < 1.29 is 4.74 Å². The minimum atomic E-state index is 0.318. The van der Waals surface area contributed by atoms with E-state index in [0.29, 0.717) is 12.1 Å². The molecule has 2 aliphatic heterocycles. The van der Waals surface area contributed by atoms with Crippen molar-refractivity contribution in [3.63, 3.8) is 0 Å². The Kier molecular flexibility index (Phi) is 4.34. The second kappa shape index (κ2) is 6.77. The van der Waals surface area contributed by atoms with Crippen molar-refractivity contribution in [1.82, 2.24) is 15.1 Å². The lowest BCUT2D eigenvalue weighted by Crippen LogP contribution is -2.38. The summed E-state index contributed by atoms with van der Waals surface area (Å²) in [4.78, 5) is 2.54. The van der Waals surface area contributed by atoms with Crippen molar-refractivity contribution in [2.24, 2.45) is 0 Å². The summed E-state index contributed by atoms with van der Waals surface area (Å²) in [5.41, 5.74) is 2.76. The molecular weight excluding hydrogens is 300 g/mol. The van der Waals surface area contributed by atoms with Crippen molar-refractivity contribution in [3.05, 3.63) is 47.7 Å². The normalized spacial score (nSPS) is 21.3. The molecule has 1 aromatic carbocycles. The summed E-state index contributed by atoms with van der Waals surface area (Å²) in [6.07, 6.45) is 5.34. The van der Waals surface area contributed by atoms with E-state index in [4.69, 9.17) is 4.74 Å². The second-order valence-electron chi connectivity index (χ2n) is 6.88. The molecule has 5 nitrogen and oxygen atoms in total. The maximum Gasteiger partial charge on any atom is 0.148 e. The Bertz CT molecular complexity index is 683. The van der Waals surface area contributed by atoms with Crippen LogP contribution in [-0.4, -0.2) is 40.3 Å². The molecule has 1 atom stereocenters. The minimum absolute atomic E-state index is 0.318. The van der Waals surface area contributed by atoms with Gasteiger partial charge in [0.15, 0.2) is 0 Å². The molecule has 0 amide bonds. The maximum atomic E-state index is 5.79. The number of nitrogens with zero attached hydrogens (tertiary/aromatic N) is 3. The predicted molar refractivity (Wildman–Crippen MR) is 94.2 cm³/mol. The van der Waals surface area contributed by atoms with Gasteiger partial charge in [-0.25, -0.2) is 0 Å². The van der Waals surface area contributed by atoms with Crippen LogP contribution in [0.25, 0.3) is 0 Å². The van der Waals surface area contributed by atoms with Crippen LogP contribution in [0.15, 0.2) is 36.5 Å². The van der Waals surface area contributed by atoms with E-state index in [0.717, 1.165) is 50.5 Å². The molecule has 24 heavy (non-hydrogen) atoms. The van der Waals surface area contributed by atoms with Gasteiger partial charge in [0, 0.05) is 38.3 Å². The molecule has 0 bridgehead atoms. The van der Waals surface area contributed by atoms with E-state index in [-0.39, 0.29) is 0 Å². The van der Waals surface area contributed by atoms with Gasteiger partial charge >= 0.3 is 0 Å². The summed E-state index contributed by atoms with van der Waals surface area (Å²) in [6, 6.07) is 11.1. The van der Waals surface area contributed by atoms with Crippen LogP contribution < -0.4 is 10.1 Å². The van der Waals surface area contributed by atoms with Crippen LogP contribution in [-0.2, 0) is 13.0 Å². The Hall–Kier alpha value is -2.14.